The number of ether oxygens (including phenoxy) is 2. The van der Waals surface area contributed by atoms with Gasteiger partial charge in [-0.2, -0.15) is 0 Å². The number of carbonyl (C=O) groups excluding carboxylic acids is 3. The van der Waals surface area contributed by atoms with Gasteiger partial charge in [0.15, 0.2) is 6.10 Å². The van der Waals surface area contributed by atoms with Gasteiger partial charge in [-0.05, 0) is 59.5 Å². The van der Waals surface area contributed by atoms with Gasteiger partial charge < -0.3 is 15.2 Å². The summed E-state index contributed by atoms with van der Waals surface area (Å²) in [6.45, 7) is 3.34. The first-order chi connectivity index (χ1) is 13.9. The topological polar surface area (TPSA) is 95.7 Å². The fourth-order valence-electron chi connectivity index (χ4n) is 2.70. The van der Waals surface area contributed by atoms with Crippen LogP contribution in [0.4, 0.5) is 0 Å². The lowest BCUT2D eigenvalue weighted by Crippen LogP contribution is -2.10. The van der Waals surface area contributed by atoms with Crippen LogP contribution < -0.4 is 5.73 Å². The van der Waals surface area contributed by atoms with E-state index in [1.54, 1.807) is 37.3 Å². The number of carbonyl (C=O) groups is 3. The predicted molar refractivity (Wildman–Crippen MR) is 110 cm³/mol. The number of rotatable bonds is 8. The predicted octanol–water partition coefficient (Wildman–Crippen LogP) is 3.41. The summed E-state index contributed by atoms with van der Waals surface area (Å²) in [6.07, 6.45) is 5.06. The molecule has 150 valence electrons. The van der Waals surface area contributed by atoms with E-state index >= 15 is 0 Å². The number of hydrogen-bond donors (Lipinski definition) is 1. The Labute approximate surface area is 169 Å². The quantitative estimate of drug-likeness (QED) is 0.548. The lowest BCUT2D eigenvalue weighted by Gasteiger charge is -2.19. The van der Waals surface area contributed by atoms with Crippen LogP contribution in [0.1, 0.15) is 42.2 Å². The van der Waals surface area contributed by atoms with Crippen LogP contribution in [0, 0.1) is 0 Å². The molecule has 0 aliphatic heterocycles. The van der Waals surface area contributed by atoms with Gasteiger partial charge in [-0.15, -0.1) is 0 Å². The maximum Gasteiger partial charge on any atom is 0.330 e. The Morgan fingerprint density at radius 1 is 0.966 bits per heavy atom. The van der Waals surface area contributed by atoms with Crippen LogP contribution >= 0.6 is 0 Å². The van der Waals surface area contributed by atoms with Gasteiger partial charge in [0.05, 0.1) is 6.61 Å². The van der Waals surface area contributed by atoms with Crippen LogP contribution in [0.2, 0.25) is 0 Å². The second kappa shape index (κ2) is 10.6. The van der Waals surface area contributed by atoms with Crippen molar-refractivity contribution in [1.29, 1.82) is 0 Å². The van der Waals surface area contributed by atoms with E-state index in [9.17, 15) is 14.4 Å². The Morgan fingerprint density at radius 2 is 1.59 bits per heavy atom. The molecule has 0 aliphatic carbocycles. The van der Waals surface area contributed by atoms with Crippen LogP contribution in [0.15, 0.2) is 60.7 Å². The van der Waals surface area contributed by atoms with Crippen molar-refractivity contribution >= 4 is 30.0 Å². The Bertz CT molecular complexity index is 932. The highest BCUT2D eigenvalue weighted by Gasteiger charge is 2.18. The van der Waals surface area contributed by atoms with Gasteiger partial charge in [-0.3, -0.25) is 9.59 Å². The first-order valence-corrected chi connectivity index (χ1v) is 9.08. The van der Waals surface area contributed by atoms with Gasteiger partial charge in [-0.25, -0.2) is 4.79 Å². The molecule has 0 aromatic heterocycles. The minimum absolute atomic E-state index is 0.276. The number of primary amides is 1. The second-order valence-electron chi connectivity index (χ2n) is 6.15. The fraction of sp³-hybridized carbons (Fsp3) is 0.174. The van der Waals surface area contributed by atoms with Crippen molar-refractivity contribution in [2.24, 2.45) is 5.73 Å². The molecule has 2 N–H and O–H groups in total. The highest BCUT2D eigenvalue weighted by atomic mass is 16.5. The Kier molecular flexibility index (Phi) is 7.91. The van der Waals surface area contributed by atoms with Gasteiger partial charge in [-0.1, -0.05) is 30.3 Å². The van der Waals surface area contributed by atoms with Gasteiger partial charge in [0, 0.05) is 19.1 Å². The van der Waals surface area contributed by atoms with Crippen LogP contribution in [0.5, 0.6) is 0 Å². The Morgan fingerprint density at radius 3 is 2.14 bits per heavy atom. The molecule has 0 heterocycles. The molecule has 29 heavy (non-hydrogen) atoms. The van der Waals surface area contributed by atoms with E-state index in [-0.39, 0.29) is 6.61 Å². The highest BCUT2D eigenvalue weighted by molar-refractivity contribution is 5.90. The first kappa shape index (κ1) is 21.6. The Balaban J connectivity index is 2.52. The zero-order valence-electron chi connectivity index (χ0n) is 16.3. The summed E-state index contributed by atoms with van der Waals surface area (Å²) in [6, 6.07) is 14.7. The molecule has 0 fully saturated rings. The maximum absolute atomic E-state index is 11.7. The number of nitrogens with two attached hydrogens (primary N) is 1. The molecular formula is C23H23NO5. The summed E-state index contributed by atoms with van der Waals surface area (Å²) in [5.41, 5.74) is 8.01. The average molecular weight is 393 g/mol. The molecule has 0 saturated carbocycles. The van der Waals surface area contributed by atoms with E-state index in [1.807, 2.05) is 30.3 Å². The maximum atomic E-state index is 11.7. The normalized spacial score (nSPS) is 12.1. The van der Waals surface area contributed by atoms with Crippen molar-refractivity contribution in [1.82, 2.24) is 0 Å². The lowest BCUT2D eigenvalue weighted by atomic mass is 9.96. The number of benzene rings is 2. The summed E-state index contributed by atoms with van der Waals surface area (Å²) in [5.74, 6) is -1.48. The number of hydrogen-bond acceptors (Lipinski definition) is 5. The van der Waals surface area contributed by atoms with Crippen molar-refractivity contribution in [3.05, 3.63) is 82.9 Å². The molecule has 2 aromatic carbocycles. The van der Waals surface area contributed by atoms with Gasteiger partial charge in [0.25, 0.3) is 0 Å². The van der Waals surface area contributed by atoms with E-state index in [0.717, 1.165) is 5.56 Å². The van der Waals surface area contributed by atoms with E-state index in [4.69, 9.17) is 15.2 Å². The van der Waals surface area contributed by atoms with E-state index in [2.05, 4.69) is 0 Å². The molecule has 0 aliphatic rings. The summed E-state index contributed by atoms with van der Waals surface area (Å²) in [7, 11) is 0. The third-order valence-electron chi connectivity index (χ3n) is 3.83. The van der Waals surface area contributed by atoms with Gasteiger partial charge in [0.1, 0.15) is 0 Å². The monoisotopic (exact) mass is 393 g/mol. The van der Waals surface area contributed by atoms with E-state index < -0.39 is 23.9 Å². The molecule has 0 bridgehead atoms. The zero-order chi connectivity index (χ0) is 21.2. The van der Waals surface area contributed by atoms with Crippen molar-refractivity contribution in [2.45, 2.75) is 20.0 Å². The fourth-order valence-corrected chi connectivity index (χ4v) is 2.70. The molecular weight excluding hydrogens is 370 g/mol. The van der Waals surface area contributed by atoms with E-state index in [1.165, 1.54) is 19.1 Å². The standard InChI is InChI=1S/C23H23NO5/c1-3-28-22(27)12-10-18-13-17(9-11-21(24)26)14-20(15-18)23(29-16(2)25)19-7-5-4-6-8-19/h4-15,23H,3H2,1-2H3,(H2,24,26)/b11-9+,12-10+. The van der Waals surface area contributed by atoms with Crippen LogP contribution in [-0.4, -0.2) is 24.5 Å². The minimum atomic E-state index is -0.648. The van der Waals surface area contributed by atoms with Crippen molar-refractivity contribution in [3.8, 4) is 0 Å². The zero-order valence-corrected chi connectivity index (χ0v) is 16.3. The van der Waals surface area contributed by atoms with Crippen LogP contribution in [-0.2, 0) is 23.9 Å². The third kappa shape index (κ3) is 7.10. The van der Waals surface area contributed by atoms with Crippen molar-refractivity contribution < 1.29 is 23.9 Å². The summed E-state index contributed by atoms with van der Waals surface area (Å²) in [5, 5.41) is 0. The SMILES string of the molecule is CCOC(=O)/C=C/c1cc(/C=C/C(N)=O)cc(C(OC(C)=O)c2ccccc2)c1. The van der Waals surface area contributed by atoms with Crippen molar-refractivity contribution in [3.63, 3.8) is 0 Å². The molecule has 0 spiro atoms. The summed E-state index contributed by atoms with van der Waals surface area (Å²) >= 11 is 0. The average Bonchev–Trinajstić information content (AvgIpc) is 2.69. The molecule has 0 saturated heterocycles. The van der Waals surface area contributed by atoms with Gasteiger partial charge in [0.2, 0.25) is 5.91 Å². The molecule has 1 unspecified atom stereocenters. The third-order valence-corrected chi connectivity index (χ3v) is 3.83. The molecule has 1 amide bonds. The molecule has 0 radical (unpaired) electrons. The highest BCUT2D eigenvalue weighted by Crippen LogP contribution is 2.29. The number of amides is 1. The molecule has 2 rings (SSSR count). The summed E-state index contributed by atoms with van der Waals surface area (Å²) < 4.78 is 10.5. The molecule has 2 aromatic rings. The number of esters is 2. The molecule has 6 nitrogen and oxygen atoms in total. The summed E-state index contributed by atoms with van der Waals surface area (Å²) in [4.78, 5) is 34.5. The van der Waals surface area contributed by atoms with Crippen LogP contribution in [0.3, 0.4) is 0 Å². The second-order valence-corrected chi connectivity index (χ2v) is 6.15. The van der Waals surface area contributed by atoms with Crippen molar-refractivity contribution in [2.75, 3.05) is 6.61 Å². The minimum Gasteiger partial charge on any atom is -0.463 e. The molecule has 6 heteroatoms. The lowest BCUT2D eigenvalue weighted by molar-refractivity contribution is -0.144. The largest absolute Gasteiger partial charge is 0.463 e. The first-order valence-electron chi connectivity index (χ1n) is 9.08. The molecule has 1 atom stereocenters. The smallest absolute Gasteiger partial charge is 0.330 e. The van der Waals surface area contributed by atoms with Gasteiger partial charge >= 0.3 is 11.9 Å². The van der Waals surface area contributed by atoms with Crippen LogP contribution in [0.25, 0.3) is 12.2 Å². The Hall–Kier alpha value is -3.67. The van der Waals surface area contributed by atoms with E-state index in [0.29, 0.717) is 16.7 Å².